The molecule has 23 heavy (non-hydrogen) atoms. The molecule has 0 radical (unpaired) electrons. The Morgan fingerprint density at radius 3 is 2.74 bits per heavy atom. The van der Waals surface area contributed by atoms with E-state index in [0.29, 0.717) is 22.4 Å². The summed E-state index contributed by atoms with van der Waals surface area (Å²) in [5, 5.41) is 10.8. The number of nitro benzene ring substituents is 1. The molecular formula is C18H15NO4. The molecule has 5 nitrogen and oxygen atoms in total. The lowest BCUT2D eigenvalue weighted by atomic mass is 9.95. The molecule has 2 aromatic rings. The SMILES string of the molecule is Cc1cc(C)c2c(c1)C(=O)/C(=C\c1cccc([N+](=O)[O-])c1)CO2. The van der Waals surface area contributed by atoms with Crippen LogP contribution >= 0.6 is 0 Å². The molecule has 0 aliphatic carbocycles. The van der Waals surface area contributed by atoms with Crippen LogP contribution < -0.4 is 4.74 Å². The lowest BCUT2D eigenvalue weighted by Gasteiger charge is -2.21. The van der Waals surface area contributed by atoms with Gasteiger partial charge in [0.1, 0.15) is 12.4 Å². The van der Waals surface area contributed by atoms with Gasteiger partial charge in [-0.25, -0.2) is 0 Å². The summed E-state index contributed by atoms with van der Waals surface area (Å²) in [5.74, 6) is 0.529. The lowest BCUT2D eigenvalue weighted by molar-refractivity contribution is -0.384. The fraction of sp³-hybridized carbons (Fsp3) is 0.167. The topological polar surface area (TPSA) is 69.4 Å². The van der Waals surface area contributed by atoms with Gasteiger partial charge in [-0.1, -0.05) is 18.2 Å². The lowest BCUT2D eigenvalue weighted by Crippen LogP contribution is -2.20. The number of ether oxygens (including phenoxy) is 1. The van der Waals surface area contributed by atoms with Crippen molar-refractivity contribution in [1.29, 1.82) is 0 Å². The van der Waals surface area contributed by atoms with E-state index in [0.717, 1.165) is 11.1 Å². The highest BCUT2D eigenvalue weighted by Gasteiger charge is 2.25. The summed E-state index contributed by atoms with van der Waals surface area (Å²) in [4.78, 5) is 23.0. The number of benzene rings is 2. The number of nitro groups is 1. The minimum Gasteiger partial charge on any atom is -0.488 e. The van der Waals surface area contributed by atoms with Crippen LogP contribution in [0.25, 0.3) is 6.08 Å². The molecule has 5 heteroatoms. The number of aryl methyl sites for hydroxylation is 2. The van der Waals surface area contributed by atoms with Crippen molar-refractivity contribution in [3.63, 3.8) is 0 Å². The second kappa shape index (κ2) is 5.68. The molecule has 0 saturated carbocycles. The summed E-state index contributed by atoms with van der Waals surface area (Å²) in [6.45, 7) is 4.01. The van der Waals surface area contributed by atoms with Crippen molar-refractivity contribution in [2.45, 2.75) is 13.8 Å². The van der Waals surface area contributed by atoms with Crippen LogP contribution in [0.5, 0.6) is 5.75 Å². The van der Waals surface area contributed by atoms with Crippen molar-refractivity contribution in [2.24, 2.45) is 0 Å². The van der Waals surface area contributed by atoms with Crippen LogP contribution in [0.15, 0.2) is 42.0 Å². The fourth-order valence-electron chi connectivity index (χ4n) is 2.74. The normalized spacial score (nSPS) is 15.2. The number of ketones is 1. The molecular weight excluding hydrogens is 294 g/mol. The van der Waals surface area contributed by atoms with E-state index in [1.807, 2.05) is 26.0 Å². The summed E-state index contributed by atoms with van der Waals surface area (Å²) in [6.07, 6.45) is 1.65. The summed E-state index contributed by atoms with van der Waals surface area (Å²) >= 11 is 0. The Hall–Kier alpha value is -2.95. The van der Waals surface area contributed by atoms with Gasteiger partial charge in [-0.2, -0.15) is 0 Å². The first-order valence-corrected chi connectivity index (χ1v) is 7.19. The molecule has 0 atom stereocenters. The second-order valence-corrected chi connectivity index (χ2v) is 5.60. The Balaban J connectivity index is 2.01. The molecule has 0 bridgehead atoms. The third kappa shape index (κ3) is 2.85. The second-order valence-electron chi connectivity index (χ2n) is 5.60. The average molecular weight is 309 g/mol. The van der Waals surface area contributed by atoms with E-state index in [2.05, 4.69) is 0 Å². The molecule has 0 saturated heterocycles. The number of hydrogen-bond donors (Lipinski definition) is 0. The van der Waals surface area contributed by atoms with Crippen molar-refractivity contribution in [3.8, 4) is 5.75 Å². The van der Waals surface area contributed by atoms with Crippen LogP contribution in [-0.4, -0.2) is 17.3 Å². The predicted molar refractivity (Wildman–Crippen MR) is 86.8 cm³/mol. The zero-order chi connectivity index (χ0) is 16.6. The van der Waals surface area contributed by atoms with Crippen molar-refractivity contribution in [3.05, 3.63) is 74.3 Å². The van der Waals surface area contributed by atoms with Crippen LogP contribution in [0.2, 0.25) is 0 Å². The molecule has 0 fully saturated rings. The smallest absolute Gasteiger partial charge is 0.270 e. The van der Waals surface area contributed by atoms with E-state index in [1.165, 1.54) is 12.1 Å². The average Bonchev–Trinajstić information content (AvgIpc) is 2.51. The minimum absolute atomic E-state index is 0.00406. The molecule has 0 unspecified atom stereocenters. The zero-order valence-corrected chi connectivity index (χ0v) is 12.8. The molecule has 0 aromatic heterocycles. The van der Waals surface area contributed by atoms with Crippen LogP contribution in [0.1, 0.15) is 27.0 Å². The molecule has 3 rings (SSSR count). The van der Waals surface area contributed by atoms with Gasteiger partial charge in [0.2, 0.25) is 0 Å². The first-order chi connectivity index (χ1) is 11.0. The van der Waals surface area contributed by atoms with E-state index in [1.54, 1.807) is 18.2 Å². The largest absolute Gasteiger partial charge is 0.488 e. The number of fused-ring (bicyclic) bond motifs is 1. The monoisotopic (exact) mass is 309 g/mol. The van der Waals surface area contributed by atoms with Gasteiger partial charge in [0.05, 0.1) is 10.5 Å². The summed E-state index contributed by atoms with van der Waals surface area (Å²) < 4.78 is 5.72. The quantitative estimate of drug-likeness (QED) is 0.479. The first kappa shape index (κ1) is 15.0. The van der Waals surface area contributed by atoms with Crippen LogP contribution in [0.3, 0.4) is 0 Å². The highest BCUT2D eigenvalue weighted by atomic mass is 16.6. The van der Waals surface area contributed by atoms with Gasteiger partial charge in [0.25, 0.3) is 5.69 Å². The van der Waals surface area contributed by atoms with Crippen LogP contribution in [0, 0.1) is 24.0 Å². The highest BCUT2D eigenvalue weighted by molar-refractivity contribution is 6.14. The van der Waals surface area contributed by atoms with Crippen molar-refractivity contribution in [2.75, 3.05) is 6.61 Å². The molecule has 0 amide bonds. The Labute approximate surface area is 133 Å². The third-order valence-corrected chi connectivity index (χ3v) is 3.75. The number of Topliss-reactive ketones (excluding diaryl/α,β-unsaturated/α-hetero) is 1. The summed E-state index contributed by atoms with van der Waals surface area (Å²) in [5.41, 5.74) is 3.57. The zero-order valence-electron chi connectivity index (χ0n) is 12.8. The van der Waals surface area contributed by atoms with Gasteiger partial charge in [-0.15, -0.1) is 0 Å². The van der Waals surface area contributed by atoms with Crippen molar-refractivity contribution in [1.82, 2.24) is 0 Å². The number of nitrogens with zero attached hydrogens (tertiary/aromatic N) is 1. The van der Waals surface area contributed by atoms with Crippen LogP contribution in [0.4, 0.5) is 5.69 Å². The van der Waals surface area contributed by atoms with Gasteiger partial charge in [0.15, 0.2) is 5.78 Å². The number of carbonyl (C=O) groups excluding carboxylic acids is 1. The maximum Gasteiger partial charge on any atom is 0.270 e. The highest BCUT2D eigenvalue weighted by Crippen LogP contribution is 2.32. The van der Waals surface area contributed by atoms with E-state index in [9.17, 15) is 14.9 Å². The molecule has 116 valence electrons. The van der Waals surface area contributed by atoms with E-state index in [-0.39, 0.29) is 18.1 Å². The predicted octanol–water partition coefficient (Wildman–Crippen LogP) is 3.87. The Morgan fingerprint density at radius 2 is 2.00 bits per heavy atom. The van der Waals surface area contributed by atoms with Crippen molar-refractivity contribution >= 4 is 17.5 Å². The maximum atomic E-state index is 12.7. The third-order valence-electron chi connectivity index (χ3n) is 3.75. The summed E-state index contributed by atoms with van der Waals surface area (Å²) in [7, 11) is 0. The van der Waals surface area contributed by atoms with E-state index >= 15 is 0 Å². The van der Waals surface area contributed by atoms with Gasteiger partial charge in [0, 0.05) is 17.7 Å². The molecule has 1 aliphatic heterocycles. The number of non-ortho nitro benzene ring substituents is 1. The van der Waals surface area contributed by atoms with Crippen LogP contribution in [-0.2, 0) is 0 Å². The number of carbonyl (C=O) groups is 1. The van der Waals surface area contributed by atoms with Gasteiger partial charge < -0.3 is 4.74 Å². The Kier molecular flexibility index (Phi) is 3.70. The van der Waals surface area contributed by atoms with Crippen molar-refractivity contribution < 1.29 is 14.5 Å². The number of rotatable bonds is 2. The molecule has 1 aliphatic rings. The van der Waals surface area contributed by atoms with E-state index in [4.69, 9.17) is 4.74 Å². The molecule has 0 N–H and O–H groups in total. The summed E-state index contributed by atoms with van der Waals surface area (Å²) in [6, 6.07) is 9.97. The Bertz CT molecular complexity index is 852. The standard InChI is InChI=1S/C18H15NO4/c1-11-6-12(2)18-16(7-11)17(20)14(10-23-18)8-13-4-3-5-15(9-13)19(21)22/h3-9H,10H2,1-2H3/b14-8-. The number of hydrogen-bond acceptors (Lipinski definition) is 4. The van der Waals surface area contributed by atoms with Gasteiger partial charge in [-0.3, -0.25) is 14.9 Å². The molecule has 1 heterocycles. The molecule has 0 spiro atoms. The molecule has 2 aromatic carbocycles. The maximum absolute atomic E-state index is 12.7. The fourth-order valence-corrected chi connectivity index (χ4v) is 2.74. The Morgan fingerprint density at radius 1 is 1.22 bits per heavy atom. The van der Waals surface area contributed by atoms with E-state index < -0.39 is 4.92 Å². The van der Waals surface area contributed by atoms with Gasteiger partial charge in [-0.05, 0) is 42.7 Å². The van der Waals surface area contributed by atoms with Gasteiger partial charge >= 0.3 is 0 Å². The first-order valence-electron chi connectivity index (χ1n) is 7.19. The minimum atomic E-state index is -0.455.